The Bertz CT molecular complexity index is 361. The predicted molar refractivity (Wildman–Crippen MR) is 69.6 cm³/mol. The summed E-state index contributed by atoms with van der Waals surface area (Å²) in [6.45, 7) is 4.30. The van der Waals surface area contributed by atoms with Crippen LogP contribution in [-0.4, -0.2) is 17.5 Å². The van der Waals surface area contributed by atoms with E-state index in [1.165, 1.54) is 19.3 Å². The van der Waals surface area contributed by atoms with E-state index in [4.69, 9.17) is 17.3 Å². The molecule has 1 aromatic carbocycles. The highest BCUT2D eigenvalue weighted by Gasteiger charge is 2.28. The molecule has 0 amide bonds. The second kappa shape index (κ2) is 5.07. The van der Waals surface area contributed by atoms with Gasteiger partial charge in [0.15, 0.2) is 0 Å². The Morgan fingerprint density at radius 1 is 1.44 bits per heavy atom. The van der Waals surface area contributed by atoms with E-state index in [0.717, 1.165) is 35.4 Å². The van der Waals surface area contributed by atoms with Gasteiger partial charge >= 0.3 is 0 Å². The molecule has 0 bridgehead atoms. The lowest BCUT2D eigenvalue weighted by Gasteiger charge is -2.22. The number of nitrogen functional groups attached to an aromatic ring is 1. The standard InChI is InChI=1S/C13H19ClN2/c1-2-7-16(12-4-5-12)9-10-8-11(14)3-6-13(10)15/h3,6,8,12H,2,4-5,7,9,15H2,1H3. The van der Waals surface area contributed by atoms with Crippen LogP contribution in [0.25, 0.3) is 0 Å². The Hall–Kier alpha value is -0.730. The molecule has 88 valence electrons. The Balaban J connectivity index is 2.08. The molecule has 16 heavy (non-hydrogen) atoms. The van der Waals surface area contributed by atoms with Gasteiger partial charge in [0.1, 0.15) is 0 Å². The van der Waals surface area contributed by atoms with Gasteiger partial charge < -0.3 is 5.73 Å². The van der Waals surface area contributed by atoms with Gasteiger partial charge in [0.05, 0.1) is 0 Å². The van der Waals surface area contributed by atoms with Crippen LogP contribution >= 0.6 is 11.6 Å². The number of halogens is 1. The number of rotatable bonds is 5. The molecule has 1 fully saturated rings. The predicted octanol–water partition coefficient (Wildman–Crippen LogP) is 3.30. The quantitative estimate of drug-likeness (QED) is 0.798. The van der Waals surface area contributed by atoms with Crippen molar-refractivity contribution >= 4 is 17.3 Å². The summed E-state index contributed by atoms with van der Waals surface area (Å²) in [4.78, 5) is 2.52. The largest absolute Gasteiger partial charge is 0.398 e. The van der Waals surface area contributed by atoms with Crippen molar-refractivity contribution in [2.75, 3.05) is 12.3 Å². The van der Waals surface area contributed by atoms with Crippen LogP contribution < -0.4 is 5.73 Å². The minimum atomic E-state index is 0.774. The number of nitrogens with two attached hydrogens (primary N) is 1. The molecule has 0 saturated heterocycles. The van der Waals surface area contributed by atoms with Crippen molar-refractivity contribution in [3.05, 3.63) is 28.8 Å². The summed E-state index contributed by atoms with van der Waals surface area (Å²) >= 11 is 6.00. The van der Waals surface area contributed by atoms with Crippen LogP contribution in [0.5, 0.6) is 0 Å². The molecule has 0 radical (unpaired) electrons. The molecule has 1 aliphatic rings. The van der Waals surface area contributed by atoms with Crippen LogP contribution in [0.15, 0.2) is 18.2 Å². The summed E-state index contributed by atoms with van der Waals surface area (Å²) < 4.78 is 0. The number of nitrogens with zero attached hydrogens (tertiary/aromatic N) is 1. The average molecular weight is 239 g/mol. The van der Waals surface area contributed by atoms with Crippen LogP contribution in [0.4, 0.5) is 5.69 Å². The SMILES string of the molecule is CCCN(Cc1cc(Cl)ccc1N)C1CC1. The zero-order chi connectivity index (χ0) is 11.5. The lowest BCUT2D eigenvalue weighted by atomic mass is 10.1. The molecule has 2 nitrogen and oxygen atoms in total. The van der Waals surface area contributed by atoms with E-state index in [1.807, 2.05) is 18.2 Å². The molecule has 1 aromatic rings. The molecule has 1 aliphatic carbocycles. The van der Waals surface area contributed by atoms with E-state index in [-0.39, 0.29) is 0 Å². The smallest absolute Gasteiger partial charge is 0.0410 e. The third-order valence-electron chi connectivity index (χ3n) is 3.05. The molecule has 0 spiro atoms. The first-order chi connectivity index (χ1) is 7.70. The Morgan fingerprint density at radius 2 is 2.19 bits per heavy atom. The summed E-state index contributed by atoms with van der Waals surface area (Å²) in [5.41, 5.74) is 7.98. The molecule has 0 atom stereocenters. The molecule has 0 aliphatic heterocycles. The van der Waals surface area contributed by atoms with Gasteiger partial charge in [-0.3, -0.25) is 4.90 Å². The van der Waals surface area contributed by atoms with Crippen molar-refractivity contribution in [3.8, 4) is 0 Å². The van der Waals surface area contributed by atoms with Gasteiger partial charge in [0, 0.05) is 23.3 Å². The van der Waals surface area contributed by atoms with Crippen LogP contribution in [0.2, 0.25) is 5.02 Å². The number of hydrogen-bond acceptors (Lipinski definition) is 2. The zero-order valence-corrected chi connectivity index (χ0v) is 10.5. The van der Waals surface area contributed by atoms with Gasteiger partial charge in [-0.1, -0.05) is 18.5 Å². The van der Waals surface area contributed by atoms with Crippen LogP contribution in [0.1, 0.15) is 31.7 Å². The topological polar surface area (TPSA) is 29.3 Å². The summed E-state index contributed by atoms with van der Waals surface area (Å²) in [5.74, 6) is 0. The van der Waals surface area contributed by atoms with Gasteiger partial charge in [-0.25, -0.2) is 0 Å². The molecule has 3 heteroatoms. The summed E-state index contributed by atoms with van der Waals surface area (Å²) in [6, 6.07) is 6.51. The Morgan fingerprint density at radius 3 is 2.81 bits per heavy atom. The van der Waals surface area contributed by atoms with Crippen molar-refractivity contribution in [2.45, 2.75) is 38.8 Å². The highest BCUT2D eigenvalue weighted by Crippen LogP contribution is 2.30. The molecule has 0 heterocycles. The van der Waals surface area contributed by atoms with Crippen molar-refractivity contribution in [2.24, 2.45) is 0 Å². The van der Waals surface area contributed by atoms with Crippen LogP contribution in [0, 0.1) is 0 Å². The third-order valence-corrected chi connectivity index (χ3v) is 3.29. The second-order valence-electron chi connectivity index (χ2n) is 4.54. The fourth-order valence-corrected chi connectivity index (χ4v) is 2.24. The fourth-order valence-electron chi connectivity index (χ4n) is 2.05. The molecule has 0 unspecified atom stereocenters. The first-order valence-electron chi connectivity index (χ1n) is 5.98. The van der Waals surface area contributed by atoms with E-state index >= 15 is 0 Å². The molecular weight excluding hydrogens is 220 g/mol. The van der Waals surface area contributed by atoms with E-state index in [9.17, 15) is 0 Å². The summed E-state index contributed by atoms with van der Waals surface area (Å²) in [5, 5.41) is 0.774. The number of hydrogen-bond donors (Lipinski definition) is 1. The monoisotopic (exact) mass is 238 g/mol. The Labute approximate surface area is 102 Å². The lowest BCUT2D eigenvalue weighted by Crippen LogP contribution is -2.26. The van der Waals surface area contributed by atoms with Gasteiger partial charge in [-0.2, -0.15) is 0 Å². The van der Waals surface area contributed by atoms with E-state index in [0.29, 0.717) is 0 Å². The Kier molecular flexibility index (Phi) is 3.72. The van der Waals surface area contributed by atoms with Gasteiger partial charge in [-0.15, -0.1) is 0 Å². The normalized spacial score (nSPS) is 15.7. The van der Waals surface area contributed by atoms with Gasteiger partial charge in [0.25, 0.3) is 0 Å². The summed E-state index contributed by atoms with van der Waals surface area (Å²) in [6.07, 6.45) is 3.86. The van der Waals surface area contributed by atoms with Crippen LogP contribution in [-0.2, 0) is 6.54 Å². The lowest BCUT2D eigenvalue weighted by molar-refractivity contribution is 0.256. The second-order valence-corrected chi connectivity index (χ2v) is 4.98. The van der Waals surface area contributed by atoms with Crippen molar-refractivity contribution in [1.29, 1.82) is 0 Å². The summed E-state index contributed by atoms with van der Waals surface area (Å²) in [7, 11) is 0. The van der Waals surface area contributed by atoms with Gasteiger partial charge in [0.2, 0.25) is 0 Å². The third kappa shape index (κ3) is 2.89. The first kappa shape index (κ1) is 11.7. The van der Waals surface area contributed by atoms with E-state index in [1.54, 1.807) is 0 Å². The van der Waals surface area contributed by atoms with E-state index < -0.39 is 0 Å². The van der Waals surface area contributed by atoms with Crippen molar-refractivity contribution in [3.63, 3.8) is 0 Å². The van der Waals surface area contributed by atoms with Gasteiger partial charge in [-0.05, 0) is 49.6 Å². The maximum atomic E-state index is 6.00. The number of anilines is 1. The minimum Gasteiger partial charge on any atom is -0.398 e. The minimum absolute atomic E-state index is 0.774. The number of benzene rings is 1. The fraction of sp³-hybridized carbons (Fsp3) is 0.538. The van der Waals surface area contributed by atoms with Crippen molar-refractivity contribution < 1.29 is 0 Å². The maximum Gasteiger partial charge on any atom is 0.0410 e. The highest BCUT2D eigenvalue weighted by atomic mass is 35.5. The maximum absolute atomic E-state index is 6.00. The van der Waals surface area contributed by atoms with Crippen LogP contribution in [0.3, 0.4) is 0 Å². The molecule has 2 rings (SSSR count). The highest BCUT2D eigenvalue weighted by molar-refractivity contribution is 6.30. The zero-order valence-electron chi connectivity index (χ0n) is 9.75. The molecule has 1 saturated carbocycles. The average Bonchev–Trinajstić information content (AvgIpc) is 3.06. The first-order valence-corrected chi connectivity index (χ1v) is 6.36. The van der Waals surface area contributed by atoms with E-state index in [2.05, 4.69) is 11.8 Å². The molecule has 2 N–H and O–H groups in total. The molecular formula is C13H19ClN2. The van der Waals surface area contributed by atoms with Crippen molar-refractivity contribution in [1.82, 2.24) is 4.90 Å². The molecule has 0 aromatic heterocycles.